The molecule has 3 aromatic carbocycles. The van der Waals surface area contributed by atoms with Gasteiger partial charge in [-0.2, -0.15) is 0 Å². The van der Waals surface area contributed by atoms with Gasteiger partial charge in [0.1, 0.15) is 23.0 Å². The molecular formula is C29H31FO5S. The molecule has 1 aliphatic rings. The van der Waals surface area contributed by atoms with Crippen LogP contribution in [0.2, 0.25) is 0 Å². The Bertz CT molecular complexity index is 1310. The zero-order valence-corrected chi connectivity index (χ0v) is 21.4. The molecular weight excluding hydrogens is 479 g/mol. The second-order valence-corrected chi connectivity index (χ2v) is 11.5. The van der Waals surface area contributed by atoms with E-state index in [9.17, 15) is 17.6 Å². The maximum absolute atomic E-state index is 14.3. The second kappa shape index (κ2) is 10.9. The molecule has 0 saturated carbocycles. The van der Waals surface area contributed by atoms with Crippen molar-refractivity contribution in [2.75, 3.05) is 19.0 Å². The minimum atomic E-state index is -3.26. The minimum absolute atomic E-state index is 0.0331. The Hall–Kier alpha value is -3.03. The molecule has 1 heterocycles. The Morgan fingerprint density at radius 2 is 1.53 bits per heavy atom. The Kier molecular flexibility index (Phi) is 7.91. The van der Waals surface area contributed by atoms with E-state index in [1.54, 1.807) is 50.2 Å². The van der Waals surface area contributed by atoms with E-state index < -0.39 is 15.4 Å². The van der Waals surface area contributed by atoms with Crippen molar-refractivity contribution in [2.45, 2.75) is 50.0 Å². The molecule has 0 amide bonds. The number of ketones is 1. The number of hydrogen-bond acceptors (Lipinski definition) is 5. The van der Waals surface area contributed by atoms with E-state index in [0.29, 0.717) is 37.4 Å². The fourth-order valence-electron chi connectivity index (χ4n) is 4.43. The third kappa shape index (κ3) is 6.02. The van der Waals surface area contributed by atoms with E-state index in [0.717, 1.165) is 16.7 Å². The summed E-state index contributed by atoms with van der Waals surface area (Å²) >= 11 is 0. The van der Waals surface area contributed by atoms with Gasteiger partial charge in [-0.25, -0.2) is 12.8 Å². The van der Waals surface area contributed by atoms with Crippen LogP contribution in [0.5, 0.6) is 5.75 Å². The molecule has 36 heavy (non-hydrogen) atoms. The summed E-state index contributed by atoms with van der Waals surface area (Å²) in [5.74, 6) is 0.479. The number of sulfone groups is 1. The maximum atomic E-state index is 14.3. The average molecular weight is 511 g/mol. The Morgan fingerprint density at radius 1 is 0.944 bits per heavy atom. The number of benzene rings is 3. The van der Waals surface area contributed by atoms with Crippen molar-refractivity contribution < 1.29 is 27.1 Å². The summed E-state index contributed by atoms with van der Waals surface area (Å²) in [5.41, 5.74) is 2.37. The minimum Gasteiger partial charge on any atom is -0.482 e. The van der Waals surface area contributed by atoms with E-state index in [4.69, 9.17) is 9.47 Å². The topological polar surface area (TPSA) is 69.7 Å². The first-order valence-electron chi connectivity index (χ1n) is 12.2. The van der Waals surface area contributed by atoms with Crippen LogP contribution < -0.4 is 4.74 Å². The summed E-state index contributed by atoms with van der Waals surface area (Å²) in [5, 5.41) is 0. The molecule has 5 nitrogen and oxygen atoms in total. The predicted molar refractivity (Wildman–Crippen MR) is 137 cm³/mol. The van der Waals surface area contributed by atoms with Crippen LogP contribution in [0, 0.1) is 12.7 Å². The van der Waals surface area contributed by atoms with Crippen molar-refractivity contribution in [1.82, 2.24) is 0 Å². The monoisotopic (exact) mass is 510 g/mol. The quantitative estimate of drug-likeness (QED) is 0.387. The maximum Gasteiger partial charge on any atom is 0.178 e. The van der Waals surface area contributed by atoms with Crippen LogP contribution in [0.4, 0.5) is 4.39 Å². The number of hydrogen-bond donors (Lipinski definition) is 0. The number of rotatable bonds is 9. The number of carbonyl (C=O) groups is 1. The lowest BCUT2D eigenvalue weighted by Gasteiger charge is -2.38. The highest BCUT2D eigenvalue weighted by atomic mass is 32.2. The van der Waals surface area contributed by atoms with E-state index >= 15 is 0 Å². The van der Waals surface area contributed by atoms with Gasteiger partial charge in [0, 0.05) is 25.7 Å². The molecule has 0 radical (unpaired) electrons. The van der Waals surface area contributed by atoms with Crippen molar-refractivity contribution in [3.05, 3.63) is 94.8 Å². The summed E-state index contributed by atoms with van der Waals surface area (Å²) in [6.07, 6.45) is 1.73. The summed E-state index contributed by atoms with van der Waals surface area (Å²) in [7, 11) is -3.26. The Morgan fingerprint density at radius 3 is 2.08 bits per heavy atom. The van der Waals surface area contributed by atoms with E-state index in [2.05, 4.69) is 0 Å². The summed E-state index contributed by atoms with van der Waals surface area (Å²) in [4.78, 5) is 12.9. The van der Waals surface area contributed by atoms with E-state index in [-0.39, 0.29) is 35.1 Å². The Balaban J connectivity index is 1.42. The summed E-state index contributed by atoms with van der Waals surface area (Å²) in [6.45, 7) is 4.41. The highest BCUT2D eigenvalue weighted by Gasteiger charge is 2.37. The molecule has 1 fully saturated rings. The predicted octanol–water partition coefficient (Wildman–Crippen LogP) is 5.37. The number of Topliss-reactive ketones (excluding diaryl/α,β-unsaturated/α-hetero) is 1. The molecule has 0 N–H and O–H groups in total. The van der Waals surface area contributed by atoms with Crippen molar-refractivity contribution in [3.63, 3.8) is 0 Å². The third-order valence-corrected chi connectivity index (χ3v) is 8.45. The first-order chi connectivity index (χ1) is 17.2. The van der Waals surface area contributed by atoms with Crippen LogP contribution >= 0.6 is 0 Å². The van der Waals surface area contributed by atoms with Gasteiger partial charge in [-0.15, -0.1) is 0 Å². The molecule has 0 atom stereocenters. The van der Waals surface area contributed by atoms with Crippen LogP contribution in [0.1, 0.15) is 42.0 Å². The zero-order chi connectivity index (χ0) is 25.8. The van der Waals surface area contributed by atoms with Crippen LogP contribution in [-0.4, -0.2) is 33.2 Å². The molecule has 3 aromatic rings. The van der Waals surface area contributed by atoms with Crippen LogP contribution in [0.3, 0.4) is 0 Å². The van der Waals surface area contributed by atoms with Crippen molar-refractivity contribution >= 4 is 15.6 Å². The molecule has 0 bridgehead atoms. The van der Waals surface area contributed by atoms with Crippen molar-refractivity contribution in [3.8, 4) is 5.75 Å². The fourth-order valence-corrected chi connectivity index (χ4v) is 5.31. The molecule has 0 spiro atoms. The second-order valence-electron chi connectivity index (χ2n) is 9.26. The van der Waals surface area contributed by atoms with Crippen molar-refractivity contribution in [2.24, 2.45) is 0 Å². The number of aryl methyl sites for hydroxylation is 1. The van der Waals surface area contributed by atoms with Gasteiger partial charge in [0.15, 0.2) is 9.84 Å². The van der Waals surface area contributed by atoms with Crippen LogP contribution in [0.15, 0.2) is 71.6 Å². The molecule has 4 rings (SSSR count). The number of halogens is 1. The molecule has 1 saturated heterocycles. The fraction of sp³-hybridized carbons (Fsp3) is 0.345. The third-order valence-electron chi connectivity index (χ3n) is 6.70. The molecule has 0 aromatic heterocycles. The van der Waals surface area contributed by atoms with Gasteiger partial charge >= 0.3 is 0 Å². The standard InChI is InChI=1S/C29H31FO5S/c1-3-36(32,33)27-12-7-23(8-13-27)19-25(31)18-22-5-10-26(11-6-22)35-29(14-16-34-17-15-29)24-9-4-21(2)28(30)20-24/h4-13,20H,3,14-19H2,1-2H3. The summed E-state index contributed by atoms with van der Waals surface area (Å²) < 4.78 is 50.2. The van der Waals surface area contributed by atoms with Gasteiger partial charge in [0.2, 0.25) is 0 Å². The highest BCUT2D eigenvalue weighted by molar-refractivity contribution is 7.91. The largest absolute Gasteiger partial charge is 0.482 e. The van der Waals surface area contributed by atoms with Gasteiger partial charge in [-0.3, -0.25) is 4.79 Å². The van der Waals surface area contributed by atoms with Gasteiger partial charge in [0.05, 0.1) is 23.9 Å². The lowest BCUT2D eigenvalue weighted by Crippen LogP contribution is -2.39. The zero-order valence-electron chi connectivity index (χ0n) is 20.6. The first kappa shape index (κ1) is 26.0. The molecule has 1 aliphatic heterocycles. The molecule has 7 heteroatoms. The molecule has 0 aliphatic carbocycles. The highest BCUT2D eigenvalue weighted by Crippen LogP contribution is 2.38. The first-order valence-corrected chi connectivity index (χ1v) is 13.8. The molecule has 0 unspecified atom stereocenters. The number of carbonyl (C=O) groups excluding carboxylic acids is 1. The van der Waals surface area contributed by atoms with Gasteiger partial charge in [0.25, 0.3) is 0 Å². The Labute approximate surface area is 212 Å². The lowest BCUT2D eigenvalue weighted by molar-refractivity contribution is -0.117. The van der Waals surface area contributed by atoms with Crippen LogP contribution in [0.25, 0.3) is 0 Å². The van der Waals surface area contributed by atoms with Gasteiger partial charge in [-0.1, -0.05) is 43.3 Å². The lowest BCUT2D eigenvalue weighted by atomic mass is 9.85. The van der Waals surface area contributed by atoms with Gasteiger partial charge in [-0.05, 0) is 59.5 Å². The van der Waals surface area contributed by atoms with E-state index in [1.165, 1.54) is 0 Å². The summed E-state index contributed by atoms with van der Waals surface area (Å²) in [6, 6.07) is 19.2. The van der Waals surface area contributed by atoms with Crippen molar-refractivity contribution in [1.29, 1.82) is 0 Å². The van der Waals surface area contributed by atoms with E-state index in [1.807, 2.05) is 30.3 Å². The normalized spacial score (nSPS) is 15.4. The number of ether oxygens (including phenoxy) is 2. The average Bonchev–Trinajstić information content (AvgIpc) is 2.87. The van der Waals surface area contributed by atoms with Crippen LogP contribution in [-0.2, 0) is 37.8 Å². The molecule has 190 valence electrons. The SMILES string of the molecule is CCS(=O)(=O)c1ccc(CC(=O)Cc2ccc(OC3(c4ccc(C)c(F)c4)CCOCC3)cc2)cc1. The van der Waals surface area contributed by atoms with Gasteiger partial charge < -0.3 is 9.47 Å². The smallest absolute Gasteiger partial charge is 0.178 e.